The highest BCUT2D eigenvalue weighted by Crippen LogP contribution is 2.36. The molecule has 1 aromatic heterocycles. The van der Waals surface area contributed by atoms with E-state index in [1.807, 2.05) is 51.3 Å². The summed E-state index contributed by atoms with van der Waals surface area (Å²) in [6, 6.07) is 13.9. The molecule has 0 radical (unpaired) electrons. The van der Waals surface area contributed by atoms with Gasteiger partial charge in [0.1, 0.15) is 12.4 Å². The number of amides is 1. The van der Waals surface area contributed by atoms with E-state index in [1.165, 1.54) is 11.2 Å². The molecule has 0 fully saturated rings. The average molecular weight is 406 g/mol. The molecular formula is C22H23N5OS. The number of hydrogen-bond donors (Lipinski definition) is 2. The van der Waals surface area contributed by atoms with Crippen LogP contribution in [0.1, 0.15) is 29.7 Å². The Morgan fingerprint density at radius 2 is 1.90 bits per heavy atom. The van der Waals surface area contributed by atoms with Crippen LogP contribution in [-0.4, -0.2) is 26.9 Å². The van der Waals surface area contributed by atoms with Crippen LogP contribution in [0.25, 0.3) is 0 Å². The summed E-state index contributed by atoms with van der Waals surface area (Å²) in [5, 5.41) is 10.7. The first-order valence-electron chi connectivity index (χ1n) is 9.38. The lowest BCUT2D eigenvalue weighted by molar-refractivity contribution is -0.113. The van der Waals surface area contributed by atoms with Crippen LogP contribution in [0, 0.1) is 13.8 Å². The van der Waals surface area contributed by atoms with Crippen LogP contribution in [0.5, 0.6) is 0 Å². The average Bonchev–Trinajstić information content (AvgIpc) is 3.17. The number of carbonyl (C=O) groups is 1. The van der Waals surface area contributed by atoms with E-state index in [4.69, 9.17) is 0 Å². The van der Waals surface area contributed by atoms with E-state index >= 15 is 0 Å². The fourth-order valence-electron chi connectivity index (χ4n) is 3.62. The second kappa shape index (κ2) is 7.75. The fraction of sp³-hybridized carbons (Fsp3) is 0.227. The van der Waals surface area contributed by atoms with Crippen LogP contribution in [0.4, 0.5) is 11.6 Å². The Kier molecular flexibility index (Phi) is 5.15. The molecule has 0 unspecified atom stereocenters. The second-order valence-electron chi connectivity index (χ2n) is 7.14. The van der Waals surface area contributed by atoms with Crippen LogP contribution < -0.4 is 10.6 Å². The zero-order valence-corrected chi connectivity index (χ0v) is 17.7. The predicted octanol–water partition coefficient (Wildman–Crippen LogP) is 4.54. The van der Waals surface area contributed by atoms with Crippen molar-refractivity contribution in [2.75, 3.05) is 16.9 Å². The molecular weight excluding hydrogens is 382 g/mol. The molecule has 148 valence electrons. The number of rotatable bonds is 4. The van der Waals surface area contributed by atoms with Gasteiger partial charge in [-0.2, -0.15) is 10.1 Å². The number of nitrogens with zero attached hydrogens (tertiary/aromatic N) is 3. The van der Waals surface area contributed by atoms with E-state index in [0.29, 0.717) is 11.5 Å². The van der Waals surface area contributed by atoms with Gasteiger partial charge in [0.25, 0.3) is 5.91 Å². The van der Waals surface area contributed by atoms with Crippen molar-refractivity contribution in [1.82, 2.24) is 14.8 Å². The first-order valence-corrected chi connectivity index (χ1v) is 10.6. The van der Waals surface area contributed by atoms with Crippen molar-refractivity contribution in [3.63, 3.8) is 0 Å². The molecule has 4 rings (SSSR count). The number of nitrogens with one attached hydrogen (secondary N) is 2. The zero-order chi connectivity index (χ0) is 20.5. The van der Waals surface area contributed by atoms with Gasteiger partial charge >= 0.3 is 0 Å². The normalized spacial score (nSPS) is 15.7. The molecule has 1 aliphatic heterocycles. The van der Waals surface area contributed by atoms with E-state index in [-0.39, 0.29) is 11.9 Å². The number of carbonyl (C=O) groups excluding carboxylic acids is 1. The van der Waals surface area contributed by atoms with Crippen molar-refractivity contribution in [3.8, 4) is 0 Å². The molecule has 2 aromatic carbocycles. The number of fused-ring (bicyclic) bond motifs is 1. The first kappa shape index (κ1) is 19.3. The summed E-state index contributed by atoms with van der Waals surface area (Å²) in [4.78, 5) is 18.8. The van der Waals surface area contributed by atoms with Crippen molar-refractivity contribution in [3.05, 3.63) is 76.8 Å². The van der Waals surface area contributed by atoms with Crippen molar-refractivity contribution in [2.45, 2.75) is 31.7 Å². The summed E-state index contributed by atoms with van der Waals surface area (Å²) in [6.07, 6.45) is 3.55. The highest BCUT2D eigenvalue weighted by atomic mass is 32.2. The van der Waals surface area contributed by atoms with E-state index in [0.717, 1.165) is 28.1 Å². The summed E-state index contributed by atoms with van der Waals surface area (Å²) < 4.78 is 1.76. The van der Waals surface area contributed by atoms with Gasteiger partial charge in [0.15, 0.2) is 0 Å². The minimum Gasteiger partial charge on any atom is -0.328 e. The number of allylic oxidation sites excluding steroid dienone is 1. The quantitative estimate of drug-likeness (QED) is 0.624. The molecule has 29 heavy (non-hydrogen) atoms. The zero-order valence-electron chi connectivity index (χ0n) is 16.9. The minimum absolute atomic E-state index is 0.151. The van der Waals surface area contributed by atoms with Crippen LogP contribution in [0.3, 0.4) is 0 Å². The van der Waals surface area contributed by atoms with Crippen molar-refractivity contribution in [1.29, 1.82) is 0 Å². The topological polar surface area (TPSA) is 71.8 Å². The van der Waals surface area contributed by atoms with Crippen molar-refractivity contribution < 1.29 is 4.79 Å². The summed E-state index contributed by atoms with van der Waals surface area (Å²) >= 11 is 1.69. The molecule has 1 amide bonds. The van der Waals surface area contributed by atoms with Crippen LogP contribution in [-0.2, 0) is 4.79 Å². The Bertz CT molecular complexity index is 1100. The van der Waals surface area contributed by atoms with Gasteiger partial charge in [0.2, 0.25) is 5.95 Å². The van der Waals surface area contributed by atoms with Gasteiger partial charge in [0, 0.05) is 16.3 Å². The highest BCUT2D eigenvalue weighted by Gasteiger charge is 2.33. The molecule has 0 bridgehead atoms. The molecule has 1 aliphatic rings. The number of aryl methyl sites for hydroxylation is 2. The Morgan fingerprint density at radius 1 is 1.14 bits per heavy atom. The van der Waals surface area contributed by atoms with Crippen LogP contribution in [0.15, 0.2) is 65.0 Å². The van der Waals surface area contributed by atoms with Crippen molar-refractivity contribution >= 4 is 29.3 Å². The van der Waals surface area contributed by atoms with Gasteiger partial charge < -0.3 is 10.6 Å². The smallest absolute Gasteiger partial charge is 0.255 e. The Hall–Kier alpha value is -3.06. The van der Waals surface area contributed by atoms with Gasteiger partial charge in [-0.1, -0.05) is 29.8 Å². The third-order valence-corrected chi connectivity index (χ3v) is 5.84. The Labute approximate surface area is 174 Å². The maximum atomic E-state index is 13.4. The summed E-state index contributed by atoms with van der Waals surface area (Å²) in [5.74, 6) is 0.478. The van der Waals surface area contributed by atoms with E-state index in [2.05, 4.69) is 38.9 Å². The molecule has 6 nitrogen and oxygen atoms in total. The third-order valence-electron chi connectivity index (χ3n) is 5.10. The van der Waals surface area contributed by atoms with Crippen LogP contribution in [0.2, 0.25) is 0 Å². The maximum Gasteiger partial charge on any atom is 0.255 e. The summed E-state index contributed by atoms with van der Waals surface area (Å²) in [6.45, 7) is 5.94. The van der Waals surface area contributed by atoms with Gasteiger partial charge in [-0.25, -0.2) is 4.68 Å². The molecule has 2 N–H and O–H groups in total. The Balaban J connectivity index is 1.75. The maximum absolute atomic E-state index is 13.4. The predicted molar refractivity (Wildman–Crippen MR) is 117 cm³/mol. The molecule has 7 heteroatoms. The highest BCUT2D eigenvalue weighted by molar-refractivity contribution is 7.98. The fourth-order valence-corrected chi connectivity index (χ4v) is 4.03. The molecule has 0 saturated heterocycles. The van der Waals surface area contributed by atoms with Gasteiger partial charge in [-0.05, 0) is 56.4 Å². The SMILES string of the molecule is CSc1ccc([C@H]2C(C(=O)Nc3ccc(C)cc3C)=C(C)Nc3ncnn32)cc1. The molecule has 0 aliphatic carbocycles. The molecule has 1 atom stereocenters. The monoisotopic (exact) mass is 405 g/mol. The third kappa shape index (κ3) is 3.65. The molecule has 2 heterocycles. The molecule has 0 saturated carbocycles. The largest absolute Gasteiger partial charge is 0.328 e. The first-order chi connectivity index (χ1) is 14.0. The number of anilines is 2. The van der Waals surface area contributed by atoms with E-state index < -0.39 is 0 Å². The van der Waals surface area contributed by atoms with Crippen molar-refractivity contribution in [2.24, 2.45) is 0 Å². The lowest BCUT2D eigenvalue weighted by Crippen LogP contribution is -2.31. The van der Waals surface area contributed by atoms with Gasteiger partial charge in [-0.15, -0.1) is 11.8 Å². The lowest BCUT2D eigenvalue weighted by Gasteiger charge is -2.29. The molecule has 3 aromatic rings. The number of aromatic nitrogens is 3. The lowest BCUT2D eigenvalue weighted by atomic mass is 9.95. The Morgan fingerprint density at radius 3 is 2.59 bits per heavy atom. The molecule has 0 spiro atoms. The second-order valence-corrected chi connectivity index (χ2v) is 8.02. The number of benzene rings is 2. The van der Waals surface area contributed by atoms with Gasteiger partial charge in [-0.3, -0.25) is 4.79 Å². The minimum atomic E-state index is -0.351. The van der Waals surface area contributed by atoms with E-state index in [1.54, 1.807) is 16.4 Å². The number of hydrogen-bond acceptors (Lipinski definition) is 5. The number of thioether (sulfide) groups is 1. The van der Waals surface area contributed by atoms with Gasteiger partial charge in [0.05, 0.1) is 5.57 Å². The van der Waals surface area contributed by atoms with Crippen LogP contribution >= 0.6 is 11.8 Å². The summed E-state index contributed by atoms with van der Waals surface area (Å²) in [5.41, 5.74) is 5.38. The standard InChI is InChI=1S/C22H23N5OS/c1-13-5-10-18(14(2)11-13)26-21(28)19-15(3)25-22-23-12-24-27(22)20(19)16-6-8-17(29-4)9-7-16/h5-12,20H,1-4H3,(H,26,28)(H,23,24,25)/t20-/m0/s1. The summed E-state index contributed by atoms with van der Waals surface area (Å²) in [7, 11) is 0. The van der Waals surface area contributed by atoms with E-state index in [9.17, 15) is 4.79 Å².